The number of fused-ring (bicyclic) bond motifs is 4. The Morgan fingerprint density at radius 2 is 1.33 bits per heavy atom. The average molecular weight is 396 g/mol. The molecule has 0 bridgehead atoms. The number of carbonyl (C=O) groups excluding carboxylic acids is 1. The van der Waals surface area contributed by atoms with Crippen molar-refractivity contribution in [3.8, 4) is 0 Å². The zero-order chi connectivity index (χ0) is 21.2. The van der Waals surface area contributed by atoms with Gasteiger partial charge in [0.15, 0.2) is 11.2 Å². The highest BCUT2D eigenvalue weighted by atomic mass is 16.1. The summed E-state index contributed by atoms with van der Waals surface area (Å²) in [5, 5.41) is 1.36. The summed E-state index contributed by atoms with van der Waals surface area (Å²) in [7, 11) is 0. The number of aromatic nitrogens is 1. The van der Waals surface area contributed by atoms with E-state index in [0.29, 0.717) is 34.6 Å². The number of carbonyl (C=O) groups is 1. The molecular formula is C27H25NO2. The minimum atomic E-state index is 0.0254. The lowest BCUT2D eigenvalue weighted by molar-refractivity contribution is 0.103. The van der Waals surface area contributed by atoms with Crippen LogP contribution in [-0.2, 0) is 6.42 Å². The Hall–Kier alpha value is -3.20. The fraction of sp³-hybridized carbons (Fsp3) is 0.259. The van der Waals surface area contributed by atoms with Crippen molar-refractivity contribution in [1.82, 2.24) is 4.98 Å². The predicted molar refractivity (Wildman–Crippen MR) is 123 cm³/mol. The van der Waals surface area contributed by atoms with E-state index in [9.17, 15) is 9.59 Å². The zero-order valence-corrected chi connectivity index (χ0v) is 17.8. The second kappa shape index (κ2) is 6.66. The Morgan fingerprint density at radius 3 is 2.07 bits per heavy atom. The molecule has 0 fully saturated rings. The summed E-state index contributed by atoms with van der Waals surface area (Å²) >= 11 is 0. The van der Waals surface area contributed by atoms with Crippen molar-refractivity contribution in [1.29, 1.82) is 0 Å². The molecular weight excluding hydrogens is 370 g/mol. The molecule has 150 valence electrons. The average Bonchev–Trinajstić information content (AvgIpc) is 2.73. The number of H-pyrrole nitrogens is 1. The molecule has 0 saturated carbocycles. The number of rotatable bonds is 2. The van der Waals surface area contributed by atoms with Crippen molar-refractivity contribution in [2.24, 2.45) is 0 Å². The molecule has 30 heavy (non-hydrogen) atoms. The number of ketones is 1. The number of benzene rings is 3. The number of aromatic amines is 1. The molecule has 3 nitrogen and oxygen atoms in total. The summed E-state index contributed by atoms with van der Waals surface area (Å²) in [5.41, 5.74) is 7.34. The van der Waals surface area contributed by atoms with Crippen molar-refractivity contribution in [2.45, 2.75) is 46.0 Å². The minimum Gasteiger partial charge on any atom is -0.354 e. The van der Waals surface area contributed by atoms with Crippen LogP contribution in [-0.4, -0.2) is 10.8 Å². The fourth-order valence-electron chi connectivity index (χ4n) is 4.47. The van der Waals surface area contributed by atoms with Gasteiger partial charge < -0.3 is 4.98 Å². The van der Waals surface area contributed by atoms with E-state index in [4.69, 9.17) is 0 Å². The Morgan fingerprint density at radius 1 is 0.700 bits per heavy atom. The van der Waals surface area contributed by atoms with Gasteiger partial charge in [-0.1, -0.05) is 45.9 Å². The van der Waals surface area contributed by atoms with Crippen LogP contribution in [0.15, 0.2) is 53.3 Å². The van der Waals surface area contributed by atoms with Crippen molar-refractivity contribution < 1.29 is 4.79 Å². The van der Waals surface area contributed by atoms with Crippen LogP contribution in [0.5, 0.6) is 0 Å². The molecule has 0 amide bonds. The van der Waals surface area contributed by atoms with Crippen LogP contribution < -0.4 is 5.43 Å². The summed E-state index contributed by atoms with van der Waals surface area (Å²) in [6, 6.07) is 16.0. The van der Waals surface area contributed by atoms with Crippen molar-refractivity contribution in [3.05, 3.63) is 92.1 Å². The molecule has 5 rings (SSSR count). The maximum atomic E-state index is 13.3. The van der Waals surface area contributed by atoms with Gasteiger partial charge in [-0.05, 0) is 70.8 Å². The molecule has 1 aromatic heterocycles. The van der Waals surface area contributed by atoms with E-state index in [2.05, 4.69) is 50.9 Å². The van der Waals surface area contributed by atoms with Gasteiger partial charge in [0.05, 0.1) is 5.52 Å². The molecule has 0 aliphatic heterocycles. The maximum absolute atomic E-state index is 13.3. The molecule has 0 unspecified atom stereocenters. The van der Waals surface area contributed by atoms with E-state index in [1.807, 2.05) is 30.3 Å². The molecule has 0 saturated heterocycles. The van der Waals surface area contributed by atoms with Gasteiger partial charge in [0.1, 0.15) is 0 Å². The molecule has 0 spiro atoms. The van der Waals surface area contributed by atoms with Gasteiger partial charge >= 0.3 is 0 Å². The van der Waals surface area contributed by atoms with Gasteiger partial charge in [0.25, 0.3) is 0 Å². The second-order valence-corrected chi connectivity index (χ2v) is 9.05. The highest BCUT2D eigenvalue weighted by molar-refractivity contribution is 6.14. The number of hydrogen-bond donors (Lipinski definition) is 1. The van der Waals surface area contributed by atoms with Crippen LogP contribution in [0.25, 0.3) is 21.8 Å². The van der Waals surface area contributed by atoms with Crippen LogP contribution >= 0.6 is 0 Å². The van der Waals surface area contributed by atoms with Crippen molar-refractivity contribution >= 4 is 27.6 Å². The van der Waals surface area contributed by atoms with E-state index >= 15 is 0 Å². The van der Waals surface area contributed by atoms with Crippen LogP contribution in [0, 0.1) is 0 Å². The van der Waals surface area contributed by atoms with Crippen LogP contribution in [0.4, 0.5) is 0 Å². The van der Waals surface area contributed by atoms with Crippen LogP contribution in [0.3, 0.4) is 0 Å². The highest BCUT2D eigenvalue weighted by Gasteiger charge is 2.25. The first kappa shape index (κ1) is 18.8. The van der Waals surface area contributed by atoms with E-state index in [1.54, 1.807) is 0 Å². The smallest absolute Gasteiger partial charge is 0.197 e. The fourth-order valence-corrected chi connectivity index (χ4v) is 4.47. The van der Waals surface area contributed by atoms with Gasteiger partial charge in [0.2, 0.25) is 0 Å². The Balaban J connectivity index is 1.72. The van der Waals surface area contributed by atoms with Crippen LogP contribution in [0.2, 0.25) is 0 Å². The van der Waals surface area contributed by atoms with Gasteiger partial charge in [-0.15, -0.1) is 0 Å². The van der Waals surface area contributed by atoms with E-state index in [1.165, 1.54) is 5.56 Å². The summed E-state index contributed by atoms with van der Waals surface area (Å²) in [6.07, 6.45) is 0.675. The zero-order valence-electron chi connectivity index (χ0n) is 17.8. The SMILES string of the molecule is CC(C)c1ccc2c(c1)C(=O)c1cc3[nH]c4ccc(C(C)C)cc4c(=O)c3cc1C2. The summed E-state index contributed by atoms with van der Waals surface area (Å²) in [4.78, 5) is 30.0. The lowest BCUT2D eigenvalue weighted by Gasteiger charge is -2.21. The summed E-state index contributed by atoms with van der Waals surface area (Å²) in [5.74, 6) is 0.782. The lowest BCUT2D eigenvalue weighted by Crippen LogP contribution is -2.17. The molecule has 3 aromatic carbocycles. The third kappa shape index (κ3) is 2.80. The first-order valence-corrected chi connectivity index (χ1v) is 10.6. The van der Waals surface area contributed by atoms with Gasteiger partial charge in [0, 0.05) is 27.4 Å². The van der Waals surface area contributed by atoms with E-state index < -0.39 is 0 Å². The summed E-state index contributed by atoms with van der Waals surface area (Å²) < 4.78 is 0. The topological polar surface area (TPSA) is 49.9 Å². The largest absolute Gasteiger partial charge is 0.354 e. The van der Waals surface area contributed by atoms with E-state index in [0.717, 1.165) is 33.3 Å². The maximum Gasteiger partial charge on any atom is 0.197 e. The number of nitrogens with one attached hydrogen (secondary N) is 1. The first-order chi connectivity index (χ1) is 14.3. The Bertz CT molecular complexity index is 1410. The molecule has 1 aliphatic rings. The first-order valence-electron chi connectivity index (χ1n) is 10.6. The van der Waals surface area contributed by atoms with Crippen molar-refractivity contribution in [2.75, 3.05) is 0 Å². The monoisotopic (exact) mass is 395 g/mol. The van der Waals surface area contributed by atoms with Gasteiger partial charge in [-0.25, -0.2) is 0 Å². The molecule has 1 N–H and O–H groups in total. The molecule has 4 aromatic rings. The summed E-state index contributed by atoms with van der Waals surface area (Å²) in [6.45, 7) is 8.52. The third-order valence-corrected chi connectivity index (χ3v) is 6.38. The Kier molecular flexibility index (Phi) is 4.18. The number of hydrogen-bond acceptors (Lipinski definition) is 2. The lowest BCUT2D eigenvalue weighted by atomic mass is 9.82. The van der Waals surface area contributed by atoms with Gasteiger partial charge in [-0.2, -0.15) is 0 Å². The van der Waals surface area contributed by atoms with E-state index in [-0.39, 0.29) is 11.2 Å². The minimum absolute atomic E-state index is 0.0254. The third-order valence-electron chi connectivity index (χ3n) is 6.38. The molecule has 1 heterocycles. The van der Waals surface area contributed by atoms with Gasteiger partial charge in [-0.3, -0.25) is 9.59 Å². The quantitative estimate of drug-likeness (QED) is 0.369. The normalized spacial score (nSPS) is 13.3. The standard InChI is InChI=1S/C27H25NO2/c1-14(2)16-5-6-18-9-19-12-23-25(13-21(19)26(29)20(18)10-16)28-24-8-7-17(15(3)4)11-22(24)27(23)30/h5-8,10-15H,9H2,1-4H3,(H,28,30). The molecule has 0 radical (unpaired) electrons. The number of pyridine rings is 1. The second-order valence-electron chi connectivity index (χ2n) is 9.05. The van der Waals surface area contributed by atoms with Crippen molar-refractivity contribution in [3.63, 3.8) is 0 Å². The Labute approximate surface area is 175 Å². The molecule has 3 heteroatoms. The molecule has 0 atom stereocenters. The molecule has 1 aliphatic carbocycles. The predicted octanol–water partition coefficient (Wildman–Crippen LogP) is 6.06. The highest BCUT2D eigenvalue weighted by Crippen LogP contribution is 2.32. The van der Waals surface area contributed by atoms with Crippen LogP contribution in [0.1, 0.15) is 77.7 Å².